The number of nitrogens with one attached hydrogen (secondary N) is 1. The Balaban J connectivity index is 1.86. The van der Waals surface area contributed by atoms with Crippen molar-refractivity contribution in [3.05, 3.63) is 34.4 Å². The predicted molar refractivity (Wildman–Crippen MR) is 75.9 cm³/mol. The van der Waals surface area contributed by atoms with Crippen LogP contribution in [0.2, 0.25) is 0 Å². The molecule has 100 valence electrons. The molecule has 0 radical (unpaired) electrons. The lowest BCUT2D eigenvalue weighted by atomic mass is 9.99. The fourth-order valence-corrected chi connectivity index (χ4v) is 2.81. The Morgan fingerprint density at radius 2 is 1.72 bits per heavy atom. The van der Waals surface area contributed by atoms with Crippen LogP contribution in [0.5, 0.6) is 0 Å². The Hall–Kier alpha value is -0.860. The topological polar surface area (TPSA) is 21.3 Å². The Kier molecular flexibility index (Phi) is 4.79. The fraction of sp³-hybridized carbons (Fsp3) is 0.625. The van der Waals surface area contributed by atoms with Crippen molar-refractivity contribution in [1.29, 1.82) is 0 Å². The van der Waals surface area contributed by atoms with Gasteiger partial charge in [0.2, 0.25) is 0 Å². The predicted octanol–water partition coefficient (Wildman–Crippen LogP) is 3.13. The zero-order valence-corrected chi connectivity index (χ0v) is 11.9. The number of benzene rings is 1. The summed E-state index contributed by atoms with van der Waals surface area (Å²) in [6.07, 6.45) is 2.51. The molecular weight excluding hydrogens is 222 g/mol. The van der Waals surface area contributed by atoms with Gasteiger partial charge in [-0.25, -0.2) is 0 Å². The molecule has 0 atom stereocenters. The van der Waals surface area contributed by atoms with Crippen LogP contribution in [-0.2, 0) is 11.3 Å². The number of hydrogen-bond acceptors (Lipinski definition) is 2. The van der Waals surface area contributed by atoms with E-state index in [1.54, 1.807) is 0 Å². The normalized spacial score (nSPS) is 17.1. The van der Waals surface area contributed by atoms with E-state index < -0.39 is 0 Å². The van der Waals surface area contributed by atoms with Gasteiger partial charge in [0.1, 0.15) is 0 Å². The van der Waals surface area contributed by atoms with E-state index in [0.29, 0.717) is 0 Å². The molecule has 18 heavy (non-hydrogen) atoms. The Labute approximate surface area is 111 Å². The van der Waals surface area contributed by atoms with Gasteiger partial charge in [-0.3, -0.25) is 0 Å². The third-order valence-corrected chi connectivity index (χ3v) is 3.90. The quantitative estimate of drug-likeness (QED) is 0.882. The molecule has 0 aliphatic carbocycles. The molecule has 2 heteroatoms. The first-order valence-electron chi connectivity index (χ1n) is 7.02. The second-order valence-electron chi connectivity index (χ2n) is 5.59. The van der Waals surface area contributed by atoms with Crippen molar-refractivity contribution in [3.8, 4) is 0 Å². The molecule has 1 N–H and O–H groups in total. The minimum Gasteiger partial charge on any atom is -0.376 e. The van der Waals surface area contributed by atoms with Gasteiger partial charge in [0.05, 0.1) is 6.61 Å². The molecule has 0 amide bonds. The van der Waals surface area contributed by atoms with Gasteiger partial charge < -0.3 is 10.1 Å². The lowest BCUT2D eigenvalue weighted by Crippen LogP contribution is -2.29. The van der Waals surface area contributed by atoms with Gasteiger partial charge in [-0.05, 0) is 69.3 Å². The Bertz CT molecular complexity index is 371. The third-order valence-electron chi connectivity index (χ3n) is 3.90. The zero-order valence-electron chi connectivity index (χ0n) is 11.9. The van der Waals surface area contributed by atoms with Gasteiger partial charge in [-0.15, -0.1) is 0 Å². The summed E-state index contributed by atoms with van der Waals surface area (Å²) in [4.78, 5) is 0. The molecule has 1 aromatic rings. The highest BCUT2D eigenvalue weighted by Gasteiger charge is 2.13. The van der Waals surface area contributed by atoms with Crippen LogP contribution >= 0.6 is 0 Å². The number of piperidine rings is 1. The second kappa shape index (κ2) is 6.35. The molecule has 1 aliphatic rings. The SMILES string of the molecule is Cc1cc(C)c(COCC2CCNCC2)c(C)c1. The van der Waals surface area contributed by atoms with Crippen molar-refractivity contribution in [2.45, 2.75) is 40.2 Å². The smallest absolute Gasteiger partial charge is 0.0722 e. The van der Waals surface area contributed by atoms with Crippen LogP contribution in [0.1, 0.15) is 35.1 Å². The van der Waals surface area contributed by atoms with Crippen molar-refractivity contribution >= 4 is 0 Å². The van der Waals surface area contributed by atoms with E-state index in [-0.39, 0.29) is 0 Å². The van der Waals surface area contributed by atoms with Crippen LogP contribution in [-0.4, -0.2) is 19.7 Å². The number of rotatable bonds is 4. The van der Waals surface area contributed by atoms with Gasteiger partial charge in [-0.1, -0.05) is 17.7 Å². The number of hydrogen-bond donors (Lipinski definition) is 1. The molecule has 2 rings (SSSR count). The standard InChI is InChI=1S/C16H25NO/c1-12-8-13(2)16(14(3)9-12)11-18-10-15-4-6-17-7-5-15/h8-9,15,17H,4-7,10-11H2,1-3H3. The first kappa shape index (κ1) is 13.6. The minimum atomic E-state index is 0.748. The third kappa shape index (κ3) is 3.56. The maximum absolute atomic E-state index is 5.93. The van der Waals surface area contributed by atoms with Crippen LogP contribution in [0.4, 0.5) is 0 Å². The molecule has 1 saturated heterocycles. The molecular formula is C16H25NO. The summed E-state index contributed by atoms with van der Waals surface area (Å²) >= 11 is 0. The van der Waals surface area contributed by atoms with E-state index in [4.69, 9.17) is 4.74 Å². The van der Waals surface area contributed by atoms with E-state index in [0.717, 1.165) is 32.2 Å². The molecule has 0 aromatic heterocycles. The van der Waals surface area contributed by atoms with Gasteiger partial charge in [-0.2, -0.15) is 0 Å². The summed E-state index contributed by atoms with van der Waals surface area (Å²) in [6, 6.07) is 4.49. The van der Waals surface area contributed by atoms with Crippen LogP contribution in [0.15, 0.2) is 12.1 Å². The van der Waals surface area contributed by atoms with Crippen molar-refractivity contribution < 1.29 is 4.74 Å². The summed E-state index contributed by atoms with van der Waals surface area (Å²) in [5.74, 6) is 0.748. The average Bonchev–Trinajstić information content (AvgIpc) is 2.34. The first-order chi connectivity index (χ1) is 8.66. The largest absolute Gasteiger partial charge is 0.376 e. The zero-order chi connectivity index (χ0) is 13.0. The summed E-state index contributed by atoms with van der Waals surface area (Å²) in [5.41, 5.74) is 5.43. The van der Waals surface area contributed by atoms with Crippen LogP contribution in [0.3, 0.4) is 0 Å². The molecule has 0 spiro atoms. The van der Waals surface area contributed by atoms with Crippen LogP contribution in [0, 0.1) is 26.7 Å². The van der Waals surface area contributed by atoms with Crippen molar-refractivity contribution in [3.63, 3.8) is 0 Å². The van der Waals surface area contributed by atoms with Crippen molar-refractivity contribution in [2.75, 3.05) is 19.7 Å². The van der Waals surface area contributed by atoms with E-state index in [9.17, 15) is 0 Å². The highest BCUT2D eigenvalue weighted by atomic mass is 16.5. The van der Waals surface area contributed by atoms with Crippen molar-refractivity contribution in [2.24, 2.45) is 5.92 Å². The van der Waals surface area contributed by atoms with E-state index in [1.165, 1.54) is 35.1 Å². The summed E-state index contributed by atoms with van der Waals surface area (Å²) in [7, 11) is 0. The van der Waals surface area contributed by atoms with Gasteiger partial charge in [0.15, 0.2) is 0 Å². The van der Waals surface area contributed by atoms with E-state index >= 15 is 0 Å². The van der Waals surface area contributed by atoms with Gasteiger partial charge in [0, 0.05) is 6.61 Å². The monoisotopic (exact) mass is 247 g/mol. The summed E-state index contributed by atoms with van der Waals surface area (Å²) < 4.78 is 5.93. The Morgan fingerprint density at radius 3 is 2.33 bits per heavy atom. The number of ether oxygens (including phenoxy) is 1. The highest BCUT2D eigenvalue weighted by Crippen LogP contribution is 2.19. The maximum Gasteiger partial charge on any atom is 0.0722 e. The molecule has 1 fully saturated rings. The Morgan fingerprint density at radius 1 is 1.11 bits per heavy atom. The summed E-state index contributed by atoms with van der Waals surface area (Å²) in [5, 5.41) is 3.39. The molecule has 1 aliphatic heterocycles. The van der Waals surface area contributed by atoms with E-state index in [2.05, 4.69) is 38.2 Å². The molecule has 0 bridgehead atoms. The van der Waals surface area contributed by atoms with Crippen molar-refractivity contribution in [1.82, 2.24) is 5.32 Å². The highest BCUT2D eigenvalue weighted by molar-refractivity contribution is 5.36. The van der Waals surface area contributed by atoms with Gasteiger partial charge >= 0.3 is 0 Å². The first-order valence-corrected chi connectivity index (χ1v) is 7.02. The molecule has 0 unspecified atom stereocenters. The molecule has 2 nitrogen and oxygen atoms in total. The van der Waals surface area contributed by atoms with Crippen LogP contribution in [0.25, 0.3) is 0 Å². The fourth-order valence-electron chi connectivity index (χ4n) is 2.81. The minimum absolute atomic E-state index is 0.748. The lowest BCUT2D eigenvalue weighted by molar-refractivity contribution is 0.0758. The number of aryl methyl sites for hydroxylation is 3. The lowest BCUT2D eigenvalue weighted by Gasteiger charge is -2.22. The second-order valence-corrected chi connectivity index (χ2v) is 5.59. The van der Waals surface area contributed by atoms with E-state index in [1.807, 2.05) is 0 Å². The molecule has 1 heterocycles. The van der Waals surface area contributed by atoms with Gasteiger partial charge in [0.25, 0.3) is 0 Å². The summed E-state index contributed by atoms with van der Waals surface area (Å²) in [6.45, 7) is 10.5. The maximum atomic E-state index is 5.93. The molecule has 0 saturated carbocycles. The average molecular weight is 247 g/mol. The van der Waals surface area contributed by atoms with Crippen LogP contribution < -0.4 is 5.32 Å². The molecule has 1 aromatic carbocycles.